The maximum Gasteiger partial charge on any atom is 0.408 e. The molecule has 33 heavy (non-hydrogen) atoms. The van der Waals surface area contributed by atoms with E-state index in [1.54, 1.807) is 37.1 Å². The van der Waals surface area contributed by atoms with Crippen LogP contribution in [0.3, 0.4) is 0 Å². The Morgan fingerprint density at radius 2 is 1.94 bits per heavy atom. The first-order valence-electron chi connectivity index (χ1n) is 11.0. The number of nitrogens with one attached hydrogen (secondary N) is 1. The number of rotatable bonds is 4. The van der Waals surface area contributed by atoms with Crippen LogP contribution in [-0.2, 0) is 14.3 Å². The number of carbonyl (C=O) groups is 3. The lowest BCUT2D eigenvalue weighted by Crippen LogP contribution is -2.47. The number of amides is 3. The van der Waals surface area contributed by atoms with Gasteiger partial charge < -0.3 is 34.4 Å². The highest BCUT2D eigenvalue weighted by Crippen LogP contribution is 2.34. The summed E-state index contributed by atoms with van der Waals surface area (Å²) in [6.45, 7) is 7.88. The lowest BCUT2D eigenvalue weighted by molar-refractivity contribution is -0.137. The minimum absolute atomic E-state index is 0.120. The van der Waals surface area contributed by atoms with Crippen molar-refractivity contribution in [2.45, 2.75) is 57.8 Å². The van der Waals surface area contributed by atoms with E-state index in [0.29, 0.717) is 43.1 Å². The smallest absolute Gasteiger partial charge is 0.408 e. The molecule has 3 amide bonds. The summed E-state index contributed by atoms with van der Waals surface area (Å²) in [5.41, 5.74) is -0.793. The third-order valence-corrected chi connectivity index (χ3v) is 5.57. The molecule has 0 saturated carbocycles. The summed E-state index contributed by atoms with van der Waals surface area (Å²) in [6, 6.07) is 4.91. The van der Waals surface area contributed by atoms with Gasteiger partial charge in [0.15, 0.2) is 6.61 Å². The third-order valence-electron chi connectivity index (χ3n) is 5.57. The highest BCUT2D eigenvalue weighted by molar-refractivity contribution is 5.99. The number of anilines is 1. The summed E-state index contributed by atoms with van der Waals surface area (Å²) in [7, 11) is 1.56. The number of hydrogen-bond acceptors (Lipinski definition) is 7. The van der Waals surface area contributed by atoms with E-state index in [9.17, 15) is 19.5 Å². The van der Waals surface area contributed by atoms with E-state index < -0.39 is 29.2 Å². The molecule has 0 aliphatic carbocycles. The second-order valence-electron chi connectivity index (χ2n) is 9.77. The van der Waals surface area contributed by atoms with Crippen molar-refractivity contribution in [1.29, 1.82) is 0 Å². The Hall–Kier alpha value is -3.01. The van der Waals surface area contributed by atoms with E-state index in [-0.39, 0.29) is 19.1 Å². The summed E-state index contributed by atoms with van der Waals surface area (Å²) in [5, 5.41) is 12.7. The molecule has 1 atom stereocenters. The maximum atomic E-state index is 12.9. The molecule has 2 aliphatic heterocycles. The Kier molecular flexibility index (Phi) is 7.06. The van der Waals surface area contributed by atoms with Gasteiger partial charge in [0.1, 0.15) is 18.1 Å². The predicted octanol–water partition coefficient (Wildman–Crippen LogP) is 1.69. The first-order valence-corrected chi connectivity index (χ1v) is 11.0. The fourth-order valence-corrected chi connectivity index (χ4v) is 3.57. The summed E-state index contributed by atoms with van der Waals surface area (Å²) in [5.74, 6) is 0.232. The molecule has 10 heteroatoms. The molecule has 1 saturated heterocycles. The number of likely N-dealkylation sites (tertiary alicyclic amines) is 1. The van der Waals surface area contributed by atoms with Crippen LogP contribution in [0.25, 0.3) is 0 Å². The molecule has 0 bridgehead atoms. The molecule has 0 aromatic heterocycles. The van der Waals surface area contributed by atoms with Gasteiger partial charge in [-0.05, 0) is 52.7 Å². The molecule has 2 N–H and O–H groups in total. The molecular formula is C23H33N3O7. The van der Waals surface area contributed by atoms with E-state index in [1.165, 1.54) is 4.90 Å². The number of ether oxygens (including phenoxy) is 3. The SMILES string of the molecule is CN1C(=O)[C@@H](OC(=O)NC(C)(C)C)COc2ccc(OCC(=O)N3CCC(C)(O)CC3)cc21. The van der Waals surface area contributed by atoms with E-state index in [1.807, 2.05) is 20.8 Å². The second-order valence-corrected chi connectivity index (χ2v) is 9.77. The van der Waals surface area contributed by atoms with Crippen LogP contribution < -0.4 is 19.7 Å². The normalized spacial score (nSPS) is 20.3. The summed E-state index contributed by atoms with van der Waals surface area (Å²) in [6.07, 6.45) is -0.755. The Morgan fingerprint density at radius 3 is 2.58 bits per heavy atom. The van der Waals surface area contributed by atoms with Gasteiger partial charge in [-0.15, -0.1) is 0 Å². The van der Waals surface area contributed by atoms with Gasteiger partial charge in [0, 0.05) is 31.7 Å². The standard InChI is InChI=1S/C23H33N3O7/c1-22(2,3)24-21(29)33-18-13-32-17-7-6-15(12-16(17)25(5)20(18)28)31-14-19(27)26-10-8-23(4,30)9-11-26/h6-7,12,18,30H,8-11,13-14H2,1-5H3,(H,24,29)/t18-/m0/s1. The number of hydrogen-bond donors (Lipinski definition) is 2. The molecule has 10 nitrogen and oxygen atoms in total. The van der Waals surface area contributed by atoms with Crippen LogP contribution in [0.1, 0.15) is 40.5 Å². The number of carbonyl (C=O) groups excluding carboxylic acids is 3. The van der Waals surface area contributed by atoms with Crippen molar-refractivity contribution in [2.75, 3.05) is 38.3 Å². The van der Waals surface area contributed by atoms with Crippen LogP contribution in [0.4, 0.5) is 10.5 Å². The highest BCUT2D eigenvalue weighted by Gasteiger charge is 2.34. The topological polar surface area (TPSA) is 118 Å². The number of fused-ring (bicyclic) bond motifs is 1. The lowest BCUT2D eigenvalue weighted by atomic mass is 9.94. The van der Waals surface area contributed by atoms with Gasteiger partial charge >= 0.3 is 6.09 Å². The molecule has 3 rings (SSSR count). The van der Waals surface area contributed by atoms with Gasteiger partial charge in [-0.2, -0.15) is 0 Å². The average Bonchev–Trinajstić information content (AvgIpc) is 2.83. The van der Waals surface area contributed by atoms with Crippen molar-refractivity contribution in [3.63, 3.8) is 0 Å². The first kappa shape index (κ1) is 24.6. The van der Waals surface area contributed by atoms with Gasteiger partial charge in [0.25, 0.3) is 11.8 Å². The fourth-order valence-electron chi connectivity index (χ4n) is 3.57. The molecule has 1 aromatic carbocycles. The van der Waals surface area contributed by atoms with Crippen LogP contribution in [-0.4, -0.2) is 78.5 Å². The molecule has 0 spiro atoms. The zero-order valence-corrected chi connectivity index (χ0v) is 19.8. The number of alkyl carbamates (subject to hydrolysis) is 1. The van der Waals surface area contributed by atoms with Gasteiger partial charge in [0.2, 0.25) is 6.10 Å². The minimum atomic E-state index is -1.10. The number of likely N-dealkylation sites (N-methyl/N-ethyl adjacent to an activating group) is 1. The van der Waals surface area contributed by atoms with Crippen molar-refractivity contribution in [1.82, 2.24) is 10.2 Å². The number of benzene rings is 1. The minimum Gasteiger partial charge on any atom is -0.487 e. The van der Waals surface area contributed by atoms with Crippen LogP contribution in [0.2, 0.25) is 0 Å². The summed E-state index contributed by atoms with van der Waals surface area (Å²) >= 11 is 0. The van der Waals surface area contributed by atoms with Gasteiger partial charge in [-0.3, -0.25) is 9.59 Å². The van der Waals surface area contributed by atoms with E-state index >= 15 is 0 Å². The van der Waals surface area contributed by atoms with E-state index in [4.69, 9.17) is 14.2 Å². The van der Waals surface area contributed by atoms with Crippen molar-refractivity contribution in [3.8, 4) is 11.5 Å². The van der Waals surface area contributed by atoms with E-state index in [2.05, 4.69) is 5.32 Å². The van der Waals surface area contributed by atoms with Crippen molar-refractivity contribution in [2.24, 2.45) is 0 Å². The van der Waals surface area contributed by atoms with Crippen LogP contribution in [0.5, 0.6) is 11.5 Å². The molecule has 1 aromatic rings. The molecule has 0 unspecified atom stereocenters. The number of nitrogens with zero attached hydrogens (tertiary/aromatic N) is 2. The molecule has 2 aliphatic rings. The van der Waals surface area contributed by atoms with Gasteiger partial charge in [-0.1, -0.05) is 0 Å². The largest absolute Gasteiger partial charge is 0.487 e. The van der Waals surface area contributed by atoms with Crippen LogP contribution in [0.15, 0.2) is 18.2 Å². The maximum absolute atomic E-state index is 12.9. The Morgan fingerprint density at radius 1 is 1.27 bits per heavy atom. The number of aliphatic hydroxyl groups is 1. The Balaban J connectivity index is 1.61. The molecular weight excluding hydrogens is 430 g/mol. The molecule has 0 radical (unpaired) electrons. The average molecular weight is 464 g/mol. The molecule has 1 fully saturated rings. The lowest BCUT2D eigenvalue weighted by Gasteiger charge is -2.35. The van der Waals surface area contributed by atoms with Crippen LogP contribution in [0, 0.1) is 0 Å². The predicted molar refractivity (Wildman–Crippen MR) is 120 cm³/mol. The van der Waals surface area contributed by atoms with Crippen molar-refractivity contribution in [3.05, 3.63) is 18.2 Å². The summed E-state index contributed by atoms with van der Waals surface area (Å²) in [4.78, 5) is 40.4. The quantitative estimate of drug-likeness (QED) is 0.698. The fraction of sp³-hybridized carbons (Fsp3) is 0.609. The first-order chi connectivity index (χ1) is 15.3. The van der Waals surface area contributed by atoms with Crippen LogP contribution >= 0.6 is 0 Å². The zero-order valence-electron chi connectivity index (χ0n) is 19.8. The molecule has 2 heterocycles. The highest BCUT2D eigenvalue weighted by atomic mass is 16.6. The Labute approximate surface area is 193 Å². The Bertz CT molecular complexity index is 900. The zero-order chi connectivity index (χ0) is 24.4. The molecule has 182 valence electrons. The summed E-state index contributed by atoms with van der Waals surface area (Å²) < 4.78 is 16.7. The van der Waals surface area contributed by atoms with Crippen molar-refractivity contribution >= 4 is 23.6 Å². The number of piperidine rings is 1. The second kappa shape index (κ2) is 9.46. The van der Waals surface area contributed by atoms with E-state index in [0.717, 1.165) is 0 Å². The van der Waals surface area contributed by atoms with Crippen molar-refractivity contribution < 1.29 is 33.7 Å². The third kappa shape index (κ3) is 6.50. The van der Waals surface area contributed by atoms with Gasteiger partial charge in [-0.25, -0.2) is 4.79 Å². The van der Waals surface area contributed by atoms with Gasteiger partial charge in [0.05, 0.1) is 11.3 Å². The monoisotopic (exact) mass is 463 g/mol.